The van der Waals surface area contributed by atoms with Crippen molar-refractivity contribution in [3.63, 3.8) is 0 Å². The van der Waals surface area contributed by atoms with E-state index in [-0.39, 0.29) is 18.4 Å². The van der Waals surface area contributed by atoms with Gasteiger partial charge in [-0.3, -0.25) is 9.59 Å². The van der Waals surface area contributed by atoms with Crippen LogP contribution in [-0.4, -0.2) is 48.1 Å². The van der Waals surface area contributed by atoms with Gasteiger partial charge in [-0.2, -0.15) is 0 Å². The van der Waals surface area contributed by atoms with Crippen LogP contribution in [0.5, 0.6) is 0 Å². The maximum absolute atomic E-state index is 12.3. The summed E-state index contributed by atoms with van der Waals surface area (Å²) >= 11 is 0. The fraction of sp³-hybridized carbons (Fsp3) is 0.857. The maximum Gasteiger partial charge on any atom is 0.245 e. The van der Waals surface area contributed by atoms with Crippen molar-refractivity contribution in [1.82, 2.24) is 10.2 Å². The van der Waals surface area contributed by atoms with Crippen LogP contribution in [0.15, 0.2) is 0 Å². The Balaban J connectivity index is 2.71. The standard InChI is InChI=1S/C14H26N2O3/c1-6-19-14(4,5)9-16-8-12(17)15-11(13(16)18)7-10(2)3/h10-11H,6-9H2,1-5H3,(H,15,17). The average molecular weight is 270 g/mol. The fourth-order valence-corrected chi connectivity index (χ4v) is 2.43. The van der Waals surface area contributed by atoms with Crippen LogP contribution >= 0.6 is 0 Å². The van der Waals surface area contributed by atoms with Gasteiger partial charge >= 0.3 is 0 Å². The van der Waals surface area contributed by atoms with Crippen LogP contribution in [0.4, 0.5) is 0 Å². The molecule has 0 radical (unpaired) electrons. The molecule has 0 aromatic carbocycles. The number of nitrogens with one attached hydrogen (secondary N) is 1. The third-order valence-corrected chi connectivity index (χ3v) is 3.09. The van der Waals surface area contributed by atoms with Crippen molar-refractivity contribution in [2.75, 3.05) is 19.7 Å². The summed E-state index contributed by atoms with van der Waals surface area (Å²) in [4.78, 5) is 25.7. The Morgan fingerprint density at radius 1 is 1.42 bits per heavy atom. The molecule has 0 saturated carbocycles. The van der Waals surface area contributed by atoms with E-state index >= 15 is 0 Å². The van der Waals surface area contributed by atoms with Gasteiger partial charge in [0.05, 0.1) is 12.1 Å². The number of carbonyl (C=O) groups excluding carboxylic acids is 2. The highest BCUT2D eigenvalue weighted by Crippen LogP contribution is 2.16. The van der Waals surface area contributed by atoms with Gasteiger partial charge in [0.15, 0.2) is 0 Å². The first-order valence-electron chi connectivity index (χ1n) is 6.97. The molecule has 1 atom stereocenters. The zero-order valence-electron chi connectivity index (χ0n) is 12.7. The second-order valence-corrected chi connectivity index (χ2v) is 6.14. The Labute approximate surface area is 115 Å². The first kappa shape index (κ1) is 16.0. The summed E-state index contributed by atoms with van der Waals surface area (Å²) in [5.74, 6) is 0.285. The van der Waals surface area contributed by atoms with Crippen molar-refractivity contribution < 1.29 is 14.3 Å². The lowest BCUT2D eigenvalue weighted by molar-refractivity contribution is -0.148. The minimum absolute atomic E-state index is 0.000998. The molecule has 1 N–H and O–H groups in total. The first-order chi connectivity index (χ1) is 8.75. The van der Waals surface area contributed by atoms with Crippen LogP contribution < -0.4 is 5.32 Å². The Kier molecular flexibility index (Phi) is 5.35. The number of amides is 2. The highest BCUT2D eigenvalue weighted by atomic mass is 16.5. The Morgan fingerprint density at radius 2 is 2.05 bits per heavy atom. The van der Waals surface area contributed by atoms with E-state index in [0.29, 0.717) is 25.5 Å². The van der Waals surface area contributed by atoms with E-state index in [4.69, 9.17) is 4.74 Å². The Morgan fingerprint density at radius 3 is 2.58 bits per heavy atom. The smallest absolute Gasteiger partial charge is 0.245 e. The molecule has 1 saturated heterocycles. The fourth-order valence-electron chi connectivity index (χ4n) is 2.43. The maximum atomic E-state index is 12.3. The summed E-state index contributed by atoms with van der Waals surface area (Å²) < 4.78 is 5.61. The second-order valence-electron chi connectivity index (χ2n) is 6.14. The van der Waals surface area contributed by atoms with E-state index in [0.717, 1.165) is 0 Å². The lowest BCUT2D eigenvalue weighted by Crippen LogP contribution is -2.60. The normalized spacial score (nSPS) is 20.9. The molecule has 0 bridgehead atoms. The van der Waals surface area contributed by atoms with Crippen LogP contribution in [0, 0.1) is 5.92 Å². The van der Waals surface area contributed by atoms with Gasteiger partial charge in [-0.05, 0) is 33.1 Å². The highest BCUT2D eigenvalue weighted by molar-refractivity contribution is 5.94. The molecular formula is C14H26N2O3. The van der Waals surface area contributed by atoms with Gasteiger partial charge in [0.1, 0.15) is 6.04 Å². The molecule has 0 spiro atoms. The Bertz CT molecular complexity index is 340. The van der Waals surface area contributed by atoms with E-state index in [9.17, 15) is 9.59 Å². The summed E-state index contributed by atoms with van der Waals surface area (Å²) in [7, 11) is 0. The number of ether oxygens (including phenoxy) is 1. The largest absolute Gasteiger partial charge is 0.374 e. The molecule has 5 nitrogen and oxygen atoms in total. The molecule has 1 aliphatic heterocycles. The monoisotopic (exact) mass is 270 g/mol. The molecule has 1 aliphatic rings. The second kappa shape index (κ2) is 6.37. The Hall–Kier alpha value is -1.10. The molecule has 110 valence electrons. The van der Waals surface area contributed by atoms with Crippen molar-refractivity contribution in [2.45, 2.75) is 52.7 Å². The minimum Gasteiger partial charge on any atom is -0.374 e. The number of nitrogens with zero attached hydrogens (tertiary/aromatic N) is 1. The number of hydrogen-bond acceptors (Lipinski definition) is 3. The lowest BCUT2D eigenvalue weighted by Gasteiger charge is -2.37. The van der Waals surface area contributed by atoms with Crippen LogP contribution in [0.1, 0.15) is 41.0 Å². The molecule has 5 heteroatoms. The SMILES string of the molecule is CCOC(C)(C)CN1CC(=O)NC(CC(C)C)C1=O. The molecule has 1 fully saturated rings. The van der Waals surface area contributed by atoms with E-state index in [1.165, 1.54) is 0 Å². The molecule has 19 heavy (non-hydrogen) atoms. The van der Waals surface area contributed by atoms with Gasteiger partial charge in [-0.15, -0.1) is 0 Å². The summed E-state index contributed by atoms with van der Waals surface area (Å²) in [6.07, 6.45) is 0.677. The summed E-state index contributed by atoms with van der Waals surface area (Å²) in [5.41, 5.74) is -0.426. The van der Waals surface area contributed by atoms with Crippen molar-refractivity contribution in [3.05, 3.63) is 0 Å². The average Bonchev–Trinajstić information content (AvgIpc) is 2.23. The van der Waals surface area contributed by atoms with Gasteiger partial charge in [-0.1, -0.05) is 13.8 Å². The first-order valence-corrected chi connectivity index (χ1v) is 6.97. The molecule has 1 rings (SSSR count). The minimum atomic E-state index is -0.426. The van der Waals surface area contributed by atoms with Crippen LogP contribution in [0.3, 0.4) is 0 Å². The molecule has 1 unspecified atom stereocenters. The van der Waals surface area contributed by atoms with E-state index < -0.39 is 11.6 Å². The molecule has 0 aromatic rings. The highest BCUT2D eigenvalue weighted by Gasteiger charge is 2.35. The summed E-state index contributed by atoms with van der Waals surface area (Å²) in [6.45, 7) is 11.1. The zero-order chi connectivity index (χ0) is 14.6. The van der Waals surface area contributed by atoms with Crippen LogP contribution in [0.2, 0.25) is 0 Å². The number of piperazine rings is 1. The van der Waals surface area contributed by atoms with Crippen LogP contribution in [-0.2, 0) is 14.3 Å². The number of hydrogen-bond donors (Lipinski definition) is 1. The zero-order valence-corrected chi connectivity index (χ0v) is 12.7. The van der Waals surface area contributed by atoms with Crippen LogP contribution in [0.25, 0.3) is 0 Å². The van der Waals surface area contributed by atoms with Crippen molar-refractivity contribution in [2.24, 2.45) is 5.92 Å². The van der Waals surface area contributed by atoms with Crippen molar-refractivity contribution in [3.8, 4) is 0 Å². The lowest BCUT2D eigenvalue weighted by atomic mass is 9.99. The molecule has 0 aromatic heterocycles. The number of carbonyl (C=O) groups is 2. The van der Waals surface area contributed by atoms with Crippen molar-refractivity contribution >= 4 is 11.8 Å². The third kappa shape index (κ3) is 4.82. The van der Waals surface area contributed by atoms with E-state index in [2.05, 4.69) is 5.32 Å². The van der Waals surface area contributed by atoms with Gasteiger partial charge in [0, 0.05) is 13.2 Å². The third-order valence-electron chi connectivity index (χ3n) is 3.09. The molecule has 0 aliphatic carbocycles. The molecule has 2 amide bonds. The number of rotatable bonds is 6. The van der Waals surface area contributed by atoms with Crippen molar-refractivity contribution in [1.29, 1.82) is 0 Å². The van der Waals surface area contributed by atoms with Gasteiger partial charge in [0.2, 0.25) is 11.8 Å². The summed E-state index contributed by atoms with van der Waals surface area (Å²) in [5, 5.41) is 2.77. The molecular weight excluding hydrogens is 244 g/mol. The quantitative estimate of drug-likeness (QED) is 0.788. The van der Waals surface area contributed by atoms with E-state index in [1.807, 2.05) is 34.6 Å². The van der Waals surface area contributed by atoms with Gasteiger partial charge < -0.3 is 15.0 Å². The topological polar surface area (TPSA) is 58.6 Å². The summed E-state index contributed by atoms with van der Waals surface area (Å²) in [6, 6.07) is -0.390. The predicted octanol–water partition coefficient (Wildman–Crippen LogP) is 1.17. The van der Waals surface area contributed by atoms with Gasteiger partial charge in [0.25, 0.3) is 0 Å². The predicted molar refractivity (Wildman–Crippen MR) is 73.7 cm³/mol. The van der Waals surface area contributed by atoms with E-state index in [1.54, 1.807) is 4.90 Å². The van der Waals surface area contributed by atoms with Gasteiger partial charge in [-0.25, -0.2) is 0 Å². The molecule has 1 heterocycles.